The van der Waals surface area contributed by atoms with E-state index < -0.39 is 6.10 Å². The monoisotopic (exact) mass is 258 g/mol. The topological polar surface area (TPSA) is 81.9 Å². The highest BCUT2D eigenvalue weighted by atomic mass is 16.3. The van der Waals surface area contributed by atoms with E-state index in [0.29, 0.717) is 17.6 Å². The Labute approximate surface area is 110 Å². The molecule has 0 saturated carbocycles. The van der Waals surface area contributed by atoms with Crippen molar-refractivity contribution in [3.8, 4) is 5.75 Å². The zero-order valence-electron chi connectivity index (χ0n) is 10.2. The van der Waals surface area contributed by atoms with E-state index in [0.717, 1.165) is 0 Å². The van der Waals surface area contributed by atoms with E-state index in [2.05, 4.69) is 10.5 Å². The largest absolute Gasteiger partial charge is 0.507 e. The number of phenols is 1. The maximum atomic E-state index is 11.7. The van der Waals surface area contributed by atoms with Crippen LogP contribution < -0.4 is 5.43 Å². The second-order valence-corrected chi connectivity index (χ2v) is 4.08. The number of phenolic OH excluding ortho intramolecular Hbond substituents is 1. The number of amides is 1. The molecule has 1 unspecified atom stereocenters. The van der Waals surface area contributed by atoms with Crippen LogP contribution in [0.4, 0.5) is 0 Å². The molecule has 0 aliphatic heterocycles. The van der Waals surface area contributed by atoms with Crippen LogP contribution in [0, 0.1) is 0 Å². The van der Waals surface area contributed by atoms with Crippen LogP contribution in [0.25, 0.3) is 0 Å². The van der Waals surface area contributed by atoms with E-state index in [4.69, 9.17) is 0 Å². The van der Waals surface area contributed by atoms with Crippen LogP contribution in [0.3, 0.4) is 0 Å². The van der Waals surface area contributed by atoms with Gasteiger partial charge in [0.1, 0.15) is 5.75 Å². The second-order valence-electron chi connectivity index (χ2n) is 4.08. The molecule has 0 fully saturated rings. The molecule has 19 heavy (non-hydrogen) atoms. The van der Waals surface area contributed by atoms with E-state index >= 15 is 0 Å². The molecule has 0 radical (unpaired) electrons. The summed E-state index contributed by atoms with van der Waals surface area (Å²) in [6.07, 6.45) is 6.02. The number of aliphatic hydroxyl groups is 1. The number of hydrogen-bond donors (Lipinski definition) is 3. The highest BCUT2D eigenvalue weighted by Gasteiger charge is 2.10. The van der Waals surface area contributed by atoms with Crippen molar-refractivity contribution in [3.05, 3.63) is 53.6 Å². The number of benzene rings is 1. The lowest BCUT2D eigenvalue weighted by atomic mass is 10.1. The molecule has 0 aromatic heterocycles. The van der Waals surface area contributed by atoms with Crippen molar-refractivity contribution in [2.75, 3.05) is 0 Å². The molecule has 1 aromatic rings. The molecule has 2 rings (SSSR count). The van der Waals surface area contributed by atoms with Gasteiger partial charge in [0.2, 0.25) is 0 Å². The predicted molar refractivity (Wildman–Crippen MR) is 71.7 cm³/mol. The number of aliphatic hydroxyl groups excluding tert-OH is 1. The third kappa shape index (κ3) is 3.53. The molecule has 1 amide bonds. The summed E-state index contributed by atoms with van der Waals surface area (Å²) in [5.41, 5.74) is 3.34. The molecule has 1 atom stereocenters. The molecule has 0 bridgehead atoms. The number of carbonyl (C=O) groups is 1. The van der Waals surface area contributed by atoms with Crippen molar-refractivity contribution in [1.29, 1.82) is 0 Å². The van der Waals surface area contributed by atoms with E-state index in [9.17, 15) is 15.0 Å². The Morgan fingerprint density at radius 3 is 2.89 bits per heavy atom. The zero-order valence-corrected chi connectivity index (χ0v) is 10.2. The Kier molecular flexibility index (Phi) is 4.10. The van der Waals surface area contributed by atoms with Crippen molar-refractivity contribution in [3.63, 3.8) is 0 Å². The van der Waals surface area contributed by atoms with Gasteiger partial charge in [0, 0.05) is 11.1 Å². The molecule has 0 heterocycles. The van der Waals surface area contributed by atoms with Crippen LogP contribution in [0.5, 0.6) is 5.75 Å². The summed E-state index contributed by atoms with van der Waals surface area (Å²) in [5.74, 6) is -0.254. The van der Waals surface area contributed by atoms with E-state index in [-0.39, 0.29) is 11.7 Å². The van der Waals surface area contributed by atoms with Gasteiger partial charge in [-0.15, -0.1) is 0 Å². The fourth-order valence-corrected chi connectivity index (χ4v) is 1.60. The van der Waals surface area contributed by atoms with Gasteiger partial charge in [0.25, 0.3) is 5.91 Å². The van der Waals surface area contributed by atoms with E-state index in [1.807, 2.05) is 0 Å². The average Bonchev–Trinajstić information content (AvgIpc) is 2.41. The standard InChI is InChI=1S/C14H14N2O3/c17-12-7-5-10(6-8-12)14(19)16-15-9-11-3-1-2-4-13(11)18/h1-7,9,12,17-18H,8H2,(H,16,19)/b15-9+. The summed E-state index contributed by atoms with van der Waals surface area (Å²) in [6.45, 7) is 0. The molecule has 1 aliphatic carbocycles. The fraction of sp³-hybridized carbons (Fsp3) is 0.143. The molecule has 98 valence electrons. The SMILES string of the molecule is O=C(N/N=C/c1ccccc1O)C1=CCC(O)C=C1. The maximum absolute atomic E-state index is 11.7. The Morgan fingerprint density at radius 1 is 1.42 bits per heavy atom. The van der Waals surface area contributed by atoms with Gasteiger partial charge in [0.15, 0.2) is 0 Å². The first kappa shape index (κ1) is 13.0. The molecule has 5 heteroatoms. The summed E-state index contributed by atoms with van der Waals surface area (Å²) in [4.78, 5) is 11.7. The lowest BCUT2D eigenvalue weighted by Gasteiger charge is -2.09. The molecular weight excluding hydrogens is 244 g/mol. The van der Waals surface area contributed by atoms with Crippen molar-refractivity contribution in [1.82, 2.24) is 5.43 Å². The van der Waals surface area contributed by atoms with Crippen LogP contribution >= 0.6 is 0 Å². The maximum Gasteiger partial charge on any atom is 0.271 e. The highest BCUT2D eigenvalue weighted by Crippen LogP contribution is 2.13. The van der Waals surface area contributed by atoms with Gasteiger partial charge < -0.3 is 10.2 Å². The van der Waals surface area contributed by atoms with E-state index in [1.54, 1.807) is 36.4 Å². The van der Waals surface area contributed by atoms with Crippen molar-refractivity contribution >= 4 is 12.1 Å². The first-order valence-electron chi connectivity index (χ1n) is 5.84. The Hall–Kier alpha value is -2.40. The summed E-state index contributed by atoms with van der Waals surface area (Å²) in [6, 6.07) is 6.68. The zero-order chi connectivity index (χ0) is 13.7. The number of aromatic hydroxyl groups is 1. The lowest BCUT2D eigenvalue weighted by molar-refractivity contribution is -0.117. The first-order valence-corrected chi connectivity index (χ1v) is 5.84. The fourth-order valence-electron chi connectivity index (χ4n) is 1.60. The van der Waals surface area contributed by atoms with Crippen LogP contribution in [0.15, 0.2) is 53.2 Å². The quantitative estimate of drug-likeness (QED) is 0.560. The molecule has 0 saturated heterocycles. The number of carbonyl (C=O) groups excluding carboxylic acids is 1. The van der Waals surface area contributed by atoms with Crippen molar-refractivity contribution in [2.24, 2.45) is 5.10 Å². The second kappa shape index (κ2) is 5.97. The Balaban J connectivity index is 1.94. The number of para-hydroxylation sites is 1. The predicted octanol–water partition coefficient (Wildman–Crippen LogP) is 1.09. The minimum absolute atomic E-state index is 0.0976. The normalized spacial score (nSPS) is 18.4. The molecule has 5 nitrogen and oxygen atoms in total. The van der Waals surface area contributed by atoms with Gasteiger partial charge in [-0.2, -0.15) is 5.10 Å². The molecular formula is C14H14N2O3. The van der Waals surface area contributed by atoms with Gasteiger partial charge in [-0.1, -0.05) is 30.4 Å². The number of nitrogens with one attached hydrogen (secondary N) is 1. The third-order valence-electron chi connectivity index (χ3n) is 2.65. The van der Waals surface area contributed by atoms with Crippen LogP contribution in [0.2, 0.25) is 0 Å². The van der Waals surface area contributed by atoms with Gasteiger partial charge in [0.05, 0.1) is 12.3 Å². The number of hydrogen-bond acceptors (Lipinski definition) is 4. The summed E-state index contributed by atoms with van der Waals surface area (Å²) in [5, 5.41) is 22.5. The third-order valence-corrected chi connectivity index (χ3v) is 2.65. The van der Waals surface area contributed by atoms with Crippen molar-refractivity contribution < 1.29 is 15.0 Å². The van der Waals surface area contributed by atoms with Gasteiger partial charge >= 0.3 is 0 Å². The summed E-state index contributed by atoms with van der Waals surface area (Å²) >= 11 is 0. The van der Waals surface area contributed by atoms with Crippen LogP contribution in [-0.2, 0) is 4.79 Å². The lowest BCUT2D eigenvalue weighted by Crippen LogP contribution is -2.21. The average molecular weight is 258 g/mol. The smallest absolute Gasteiger partial charge is 0.271 e. The highest BCUT2D eigenvalue weighted by molar-refractivity contribution is 5.97. The van der Waals surface area contributed by atoms with Gasteiger partial charge in [-0.3, -0.25) is 4.79 Å². The van der Waals surface area contributed by atoms with Crippen molar-refractivity contribution in [2.45, 2.75) is 12.5 Å². The molecule has 0 spiro atoms. The van der Waals surface area contributed by atoms with Gasteiger partial charge in [-0.05, 0) is 18.6 Å². The number of hydrazone groups is 1. The molecule has 3 N–H and O–H groups in total. The number of rotatable bonds is 3. The van der Waals surface area contributed by atoms with Crippen LogP contribution in [-0.4, -0.2) is 28.4 Å². The Morgan fingerprint density at radius 2 is 2.21 bits per heavy atom. The molecule has 1 aromatic carbocycles. The minimum atomic E-state index is -0.527. The summed E-state index contributed by atoms with van der Waals surface area (Å²) < 4.78 is 0. The van der Waals surface area contributed by atoms with E-state index in [1.165, 1.54) is 12.3 Å². The molecule has 1 aliphatic rings. The van der Waals surface area contributed by atoms with Crippen LogP contribution in [0.1, 0.15) is 12.0 Å². The Bertz CT molecular complexity index is 562. The summed E-state index contributed by atoms with van der Waals surface area (Å²) in [7, 11) is 0. The first-order chi connectivity index (χ1) is 9.16. The van der Waals surface area contributed by atoms with Gasteiger partial charge in [-0.25, -0.2) is 5.43 Å². The number of nitrogens with zero attached hydrogens (tertiary/aromatic N) is 1. The minimum Gasteiger partial charge on any atom is -0.507 e.